The van der Waals surface area contributed by atoms with Gasteiger partial charge in [-0.2, -0.15) is 5.26 Å². The van der Waals surface area contributed by atoms with Crippen molar-refractivity contribution in [3.8, 4) is 17.2 Å². The van der Waals surface area contributed by atoms with Gasteiger partial charge in [0, 0.05) is 11.8 Å². The maximum absolute atomic E-state index is 13.1. The van der Waals surface area contributed by atoms with Crippen molar-refractivity contribution in [2.45, 2.75) is 52.6 Å². The van der Waals surface area contributed by atoms with E-state index < -0.39 is 17.7 Å². The highest BCUT2D eigenvalue weighted by Crippen LogP contribution is 2.38. The van der Waals surface area contributed by atoms with Crippen LogP contribution in [0.3, 0.4) is 0 Å². The SMILES string of the molecule is CCC(c1ccc(C#N)cn1)n1c(=O)oc2cc(-c3c(C(N)=O)c(CC(C)C)nc4c3C(=O)NC4C)ccc21. The lowest BCUT2D eigenvalue weighted by atomic mass is 9.89. The Kier molecular flexibility index (Phi) is 6.52. The highest BCUT2D eigenvalue weighted by molar-refractivity contribution is 6.11. The van der Waals surface area contributed by atoms with Gasteiger partial charge in [0.15, 0.2) is 5.58 Å². The van der Waals surface area contributed by atoms with Gasteiger partial charge in [0.2, 0.25) is 0 Å². The largest absolute Gasteiger partial charge is 0.420 e. The van der Waals surface area contributed by atoms with Crippen LogP contribution in [-0.4, -0.2) is 26.3 Å². The molecule has 0 saturated heterocycles. The predicted molar refractivity (Wildman–Crippen MR) is 144 cm³/mol. The number of fused-ring (bicyclic) bond motifs is 2. The van der Waals surface area contributed by atoms with E-state index in [1.807, 2.05) is 33.8 Å². The molecule has 0 fully saturated rings. The number of carbonyl (C=O) groups excluding carboxylic acids is 2. The summed E-state index contributed by atoms with van der Waals surface area (Å²) in [5, 5.41) is 12.0. The highest BCUT2D eigenvalue weighted by Gasteiger charge is 2.35. The Morgan fingerprint density at radius 3 is 2.62 bits per heavy atom. The lowest BCUT2D eigenvalue weighted by Crippen LogP contribution is -2.22. The normalized spacial score (nSPS) is 15.3. The molecule has 3 N–H and O–H groups in total. The summed E-state index contributed by atoms with van der Waals surface area (Å²) in [5.41, 5.74) is 10.3. The molecule has 39 heavy (non-hydrogen) atoms. The van der Waals surface area contributed by atoms with Crippen LogP contribution in [0.15, 0.2) is 45.7 Å². The monoisotopic (exact) mass is 524 g/mol. The number of amides is 2. The van der Waals surface area contributed by atoms with Crippen molar-refractivity contribution in [3.63, 3.8) is 0 Å². The maximum Gasteiger partial charge on any atom is 0.420 e. The Morgan fingerprint density at radius 1 is 1.23 bits per heavy atom. The summed E-state index contributed by atoms with van der Waals surface area (Å²) < 4.78 is 7.19. The van der Waals surface area contributed by atoms with Crippen LogP contribution in [0, 0.1) is 17.2 Å². The number of nitrogens with zero attached hydrogens (tertiary/aromatic N) is 4. The lowest BCUT2D eigenvalue weighted by Gasteiger charge is -2.18. The minimum Gasteiger partial charge on any atom is -0.408 e. The second-order valence-electron chi connectivity index (χ2n) is 10.2. The van der Waals surface area contributed by atoms with Crippen molar-refractivity contribution in [1.29, 1.82) is 5.26 Å². The van der Waals surface area contributed by atoms with Gasteiger partial charge < -0.3 is 15.5 Å². The van der Waals surface area contributed by atoms with Gasteiger partial charge >= 0.3 is 5.76 Å². The Balaban J connectivity index is 1.72. The summed E-state index contributed by atoms with van der Waals surface area (Å²) in [7, 11) is 0. The molecule has 2 atom stereocenters. The number of aromatic nitrogens is 3. The molecule has 4 aromatic rings. The number of nitrogens with two attached hydrogens (primary N) is 1. The van der Waals surface area contributed by atoms with Crippen LogP contribution < -0.4 is 16.8 Å². The van der Waals surface area contributed by atoms with Crippen LogP contribution in [0.4, 0.5) is 0 Å². The topological polar surface area (TPSA) is 157 Å². The van der Waals surface area contributed by atoms with Crippen LogP contribution in [-0.2, 0) is 6.42 Å². The molecule has 10 nitrogen and oxygen atoms in total. The third kappa shape index (κ3) is 4.36. The van der Waals surface area contributed by atoms with E-state index in [4.69, 9.17) is 20.4 Å². The Bertz CT molecular complexity index is 1730. The molecule has 5 rings (SSSR count). The van der Waals surface area contributed by atoms with Crippen molar-refractivity contribution in [2.24, 2.45) is 11.7 Å². The number of hydrogen-bond acceptors (Lipinski definition) is 7. The van der Waals surface area contributed by atoms with E-state index in [9.17, 15) is 14.4 Å². The van der Waals surface area contributed by atoms with Crippen LogP contribution in [0.1, 0.15) is 89.6 Å². The molecular formula is C29H28N6O4. The van der Waals surface area contributed by atoms with Gasteiger partial charge in [-0.3, -0.25) is 24.1 Å². The first-order valence-electron chi connectivity index (χ1n) is 12.8. The number of rotatable bonds is 7. The second kappa shape index (κ2) is 9.83. The number of carbonyl (C=O) groups is 2. The van der Waals surface area contributed by atoms with E-state index in [1.54, 1.807) is 30.3 Å². The van der Waals surface area contributed by atoms with Crippen LogP contribution in [0.5, 0.6) is 0 Å². The van der Waals surface area contributed by atoms with Gasteiger partial charge in [-0.25, -0.2) is 4.79 Å². The standard InChI is InChI=1S/C29H28N6O4/c1-5-20(18-8-6-16(12-30)13-32-18)35-21-9-7-17(11-22(21)39-29(35)38)23-24(27(31)36)19(10-14(2)3)34-26-15(4)33-28(37)25(23)26/h6-9,11,13-15,20H,5,10H2,1-4H3,(H2,31,36)(H,33,37). The molecule has 1 aromatic carbocycles. The fourth-order valence-electron chi connectivity index (χ4n) is 5.30. The summed E-state index contributed by atoms with van der Waals surface area (Å²) in [6, 6.07) is 9.82. The molecule has 2 amide bonds. The fraction of sp³-hybridized carbons (Fsp3) is 0.310. The molecule has 198 valence electrons. The molecule has 10 heteroatoms. The molecule has 0 aliphatic carbocycles. The summed E-state index contributed by atoms with van der Waals surface area (Å²) in [5.74, 6) is -1.39. The number of benzene rings is 1. The average molecular weight is 525 g/mol. The van der Waals surface area contributed by atoms with E-state index in [0.29, 0.717) is 63.3 Å². The molecule has 0 spiro atoms. The van der Waals surface area contributed by atoms with E-state index >= 15 is 0 Å². The molecule has 0 bridgehead atoms. The summed E-state index contributed by atoms with van der Waals surface area (Å²) in [6.07, 6.45) is 2.53. The summed E-state index contributed by atoms with van der Waals surface area (Å²) in [6.45, 7) is 7.80. The molecule has 1 aliphatic heterocycles. The molecule has 0 saturated carbocycles. The Hall–Kier alpha value is -4.78. The fourth-order valence-corrected chi connectivity index (χ4v) is 5.30. The number of nitriles is 1. The first-order valence-corrected chi connectivity index (χ1v) is 12.8. The highest BCUT2D eigenvalue weighted by atomic mass is 16.4. The van der Waals surface area contributed by atoms with Crippen molar-refractivity contribution in [2.75, 3.05) is 0 Å². The minimum atomic E-state index is -0.680. The number of nitrogens with one attached hydrogen (secondary N) is 1. The third-order valence-corrected chi connectivity index (χ3v) is 6.99. The molecule has 1 aliphatic rings. The average Bonchev–Trinajstić information content (AvgIpc) is 3.37. The van der Waals surface area contributed by atoms with E-state index in [2.05, 4.69) is 10.3 Å². The second-order valence-corrected chi connectivity index (χ2v) is 10.2. The van der Waals surface area contributed by atoms with E-state index in [-0.39, 0.29) is 23.4 Å². The van der Waals surface area contributed by atoms with E-state index in [1.165, 1.54) is 10.8 Å². The minimum absolute atomic E-state index is 0.193. The number of hydrogen-bond donors (Lipinski definition) is 2. The van der Waals surface area contributed by atoms with Crippen molar-refractivity contribution in [3.05, 3.63) is 80.9 Å². The van der Waals surface area contributed by atoms with E-state index in [0.717, 1.165) is 0 Å². The van der Waals surface area contributed by atoms with Gasteiger partial charge in [0.25, 0.3) is 11.8 Å². The summed E-state index contributed by atoms with van der Waals surface area (Å²) >= 11 is 0. The zero-order valence-electron chi connectivity index (χ0n) is 22.1. The third-order valence-electron chi connectivity index (χ3n) is 6.99. The van der Waals surface area contributed by atoms with Crippen LogP contribution in [0.25, 0.3) is 22.2 Å². The Morgan fingerprint density at radius 2 is 2.00 bits per heavy atom. The van der Waals surface area contributed by atoms with Gasteiger partial charge in [-0.05, 0) is 55.5 Å². The quantitative estimate of drug-likeness (QED) is 0.369. The van der Waals surface area contributed by atoms with Gasteiger partial charge in [-0.1, -0.05) is 26.8 Å². The Labute approximate surface area is 224 Å². The van der Waals surface area contributed by atoms with Crippen molar-refractivity contribution < 1.29 is 14.0 Å². The first kappa shape index (κ1) is 25.9. The molecule has 4 heterocycles. The van der Waals surface area contributed by atoms with Gasteiger partial charge in [0.1, 0.15) is 6.07 Å². The van der Waals surface area contributed by atoms with Crippen molar-refractivity contribution in [1.82, 2.24) is 19.9 Å². The van der Waals surface area contributed by atoms with Crippen LogP contribution in [0.2, 0.25) is 0 Å². The number of primary amides is 1. The lowest BCUT2D eigenvalue weighted by molar-refractivity contribution is 0.0959. The number of pyridine rings is 2. The molecule has 2 unspecified atom stereocenters. The predicted octanol–water partition coefficient (Wildman–Crippen LogP) is 4.02. The molecular weight excluding hydrogens is 496 g/mol. The number of oxazole rings is 1. The maximum atomic E-state index is 13.1. The molecule has 0 radical (unpaired) electrons. The zero-order valence-corrected chi connectivity index (χ0v) is 22.1. The smallest absolute Gasteiger partial charge is 0.408 e. The summed E-state index contributed by atoms with van der Waals surface area (Å²) in [4.78, 5) is 48.0. The molecule has 3 aromatic heterocycles. The van der Waals surface area contributed by atoms with Gasteiger partial charge in [-0.15, -0.1) is 0 Å². The van der Waals surface area contributed by atoms with Gasteiger partial charge in [0.05, 0.1) is 51.4 Å². The first-order chi connectivity index (χ1) is 18.6. The zero-order chi connectivity index (χ0) is 28.0. The van der Waals surface area contributed by atoms with Crippen LogP contribution >= 0.6 is 0 Å². The van der Waals surface area contributed by atoms with Crippen molar-refractivity contribution >= 4 is 22.9 Å².